The first-order chi connectivity index (χ1) is 16.1. The number of aryl methyl sites for hydroxylation is 1. The Labute approximate surface area is 218 Å². The lowest BCUT2D eigenvalue weighted by molar-refractivity contribution is 0.0985. The summed E-state index contributed by atoms with van der Waals surface area (Å²) in [4.78, 5) is 22.2. The molecule has 190 valence electrons. The van der Waals surface area contributed by atoms with Gasteiger partial charge in [-0.05, 0) is 81.7 Å². The first kappa shape index (κ1) is 27.5. The molecule has 1 aliphatic rings. The average Bonchev–Trinajstić information content (AvgIpc) is 3.22. The highest BCUT2D eigenvalue weighted by Crippen LogP contribution is 2.31. The van der Waals surface area contributed by atoms with Crippen molar-refractivity contribution >= 4 is 55.0 Å². The van der Waals surface area contributed by atoms with Gasteiger partial charge in [-0.1, -0.05) is 24.3 Å². The van der Waals surface area contributed by atoms with E-state index in [1.54, 1.807) is 33.5 Å². The van der Waals surface area contributed by atoms with Gasteiger partial charge >= 0.3 is 0 Å². The van der Waals surface area contributed by atoms with Crippen molar-refractivity contribution in [1.82, 2.24) is 14.2 Å². The first-order valence-electron chi connectivity index (χ1n) is 11.6. The molecule has 3 aromatic rings. The molecule has 0 spiro atoms. The van der Waals surface area contributed by atoms with Gasteiger partial charge in [-0.25, -0.2) is 13.4 Å². The van der Waals surface area contributed by atoms with Crippen LogP contribution in [0.4, 0.5) is 5.13 Å². The Morgan fingerprint density at radius 1 is 1.09 bits per heavy atom. The molecule has 0 aliphatic carbocycles. The Morgan fingerprint density at radius 3 is 2.37 bits per heavy atom. The average molecular weight is 537 g/mol. The maximum absolute atomic E-state index is 13.5. The minimum Gasteiger partial charge on any atom is -0.308 e. The molecule has 7 nitrogen and oxygen atoms in total. The van der Waals surface area contributed by atoms with Crippen LogP contribution in [0.15, 0.2) is 47.4 Å². The van der Waals surface area contributed by atoms with E-state index in [9.17, 15) is 13.2 Å². The third-order valence-corrected chi connectivity index (χ3v) is 9.22. The van der Waals surface area contributed by atoms with E-state index in [0.717, 1.165) is 28.6 Å². The third-order valence-electron chi connectivity index (χ3n) is 6.26. The van der Waals surface area contributed by atoms with Crippen LogP contribution in [0.5, 0.6) is 0 Å². The number of benzene rings is 2. The zero-order valence-corrected chi connectivity index (χ0v) is 23.0. The SMILES string of the molecule is Cc1ccc2nc(N(CCN(C)C)C(=O)c3ccc(S(=O)(=O)N4CCC(C)CC4)cc3)sc2c1.Cl. The van der Waals surface area contributed by atoms with Gasteiger partial charge < -0.3 is 4.90 Å². The number of carbonyl (C=O) groups excluding carboxylic acids is 1. The van der Waals surface area contributed by atoms with E-state index in [2.05, 4.69) is 13.0 Å². The monoisotopic (exact) mass is 536 g/mol. The Kier molecular flexibility index (Phi) is 8.93. The van der Waals surface area contributed by atoms with Crippen LogP contribution in [-0.2, 0) is 10.0 Å². The second kappa shape index (κ2) is 11.3. The number of rotatable bonds is 7. The maximum atomic E-state index is 13.5. The highest BCUT2D eigenvalue weighted by atomic mass is 35.5. The zero-order valence-electron chi connectivity index (χ0n) is 20.6. The lowest BCUT2D eigenvalue weighted by atomic mass is 10.0. The number of sulfonamides is 1. The number of likely N-dealkylation sites (N-methyl/N-ethyl adjacent to an activating group) is 1. The Bertz CT molecular complexity index is 1270. The molecule has 0 N–H and O–H groups in total. The molecule has 35 heavy (non-hydrogen) atoms. The molecular formula is C25H33ClN4O3S2. The van der Waals surface area contributed by atoms with Crippen molar-refractivity contribution in [1.29, 1.82) is 0 Å². The van der Waals surface area contributed by atoms with Gasteiger partial charge in [-0.2, -0.15) is 4.31 Å². The molecule has 0 atom stereocenters. The summed E-state index contributed by atoms with van der Waals surface area (Å²) < 4.78 is 28.7. The van der Waals surface area contributed by atoms with Crippen molar-refractivity contribution in [3.05, 3.63) is 53.6 Å². The van der Waals surface area contributed by atoms with Gasteiger partial charge in [0, 0.05) is 31.7 Å². The molecule has 0 bridgehead atoms. The van der Waals surface area contributed by atoms with Crippen LogP contribution < -0.4 is 4.90 Å². The molecule has 1 aliphatic heterocycles. The second-order valence-corrected chi connectivity index (χ2v) is 12.3. The highest BCUT2D eigenvalue weighted by molar-refractivity contribution is 7.89. The molecule has 2 aromatic carbocycles. The van der Waals surface area contributed by atoms with Crippen LogP contribution in [0.25, 0.3) is 10.2 Å². The van der Waals surface area contributed by atoms with Gasteiger partial charge in [-0.3, -0.25) is 9.69 Å². The topological polar surface area (TPSA) is 73.8 Å². The minimum atomic E-state index is -3.55. The van der Waals surface area contributed by atoms with E-state index >= 15 is 0 Å². The normalized spacial score (nSPS) is 15.3. The summed E-state index contributed by atoms with van der Waals surface area (Å²) >= 11 is 1.49. The molecule has 1 saturated heterocycles. The first-order valence-corrected chi connectivity index (χ1v) is 13.8. The van der Waals surface area contributed by atoms with Crippen LogP contribution in [0.1, 0.15) is 35.7 Å². The predicted molar refractivity (Wildman–Crippen MR) is 145 cm³/mol. The van der Waals surface area contributed by atoms with E-state index in [4.69, 9.17) is 4.98 Å². The van der Waals surface area contributed by atoms with Crippen LogP contribution in [0.2, 0.25) is 0 Å². The van der Waals surface area contributed by atoms with Gasteiger partial charge in [0.05, 0.1) is 15.1 Å². The molecule has 0 unspecified atom stereocenters. The Morgan fingerprint density at radius 2 is 1.74 bits per heavy atom. The second-order valence-electron chi connectivity index (χ2n) is 9.34. The lowest BCUT2D eigenvalue weighted by Gasteiger charge is -2.29. The molecule has 1 aromatic heterocycles. The van der Waals surface area contributed by atoms with Gasteiger partial charge in [0.15, 0.2) is 5.13 Å². The molecular weight excluding hydrogens is 504 g/mol. The molecule has 10 heteroatoms. The van der Waals surface area contributed by atoms with E-state index < -0.39 is 10.0 Å². The van der Waals surface area contributed by atoms with Crippen LogP contribution in [0, 0.1) is 12.8 Å². The van der Waals surface area contributed by atoms with Crippen LogP contribution in [0.3, 0.4) is 0 Å². The number of amides is 1. The standard InChI is InChI=1S/C25H32N4O3S2.ClH/c1-18-11-13-28(14-12-18)34(31,32)21-8-6-20(7-9-21)24(30)29(16-15-27(3)4)25-26-22-10-5-19(2)17-23(22)33-25;/h5-10,17-18H,11-16H2,1-4H3;1H. The Balaban J connectivity index is 0.00000342. The van der Waals surface area contributed by atoms with Gasteiger partial charge in [0.25, 0.3) is 5.91 Å². The van der Waals surface area contributed by atoms with E-state index in [0.29, 0.717) is 42.8 Å². The smallest absolute Gasteiger partial charge is 0.260 e. The zero-order chi connectivity index (χ0) is 24.5. The van der Waals surface area contributed by atoms with Crippen molar-refractivity contribution in [2.45, 2.75) is 31.6 Å². The van der Waals surface area contributed by atoms with Gasteiger partial charge in [-0.15, -0.1) is 12.4 Å². The number of hydrogen-bond donors (Lipinski definition) is 0. The van der Waals surface area contributed by atoms with Crippen molar-refractivity contribution in [2.75, 3.05) is 45.2 Å². The molecule has 2 heterocycles. The summed E-state index contributed by atoms with van der Waals surface area (Å²) in [5, 5.41) is 0.645. The summed E-state index contributed by atoms with van der Waals surface area (Å²) in [7, 11) is 0.376. The van der Waals surface area contributed by atoms with E-state index in [1.807, 2.05) is 38.1 Å². The van der Waals surface area contributed by atoms with Gasteiger partial charge in [0.1, 0.15) is 0 Å². The number of anilines is 1. The van der Waals surface area contributed by atoms with Crippen molar-refractivity contribution in [3.63, 3.8) is 0 Å². The summed E-state index contributed by atoms with van der Waals surface area (Å²) in [6.45, 7) is 6.43. The minimum absolute atomic E-state index is 0. The van der Waals surface area contributed by atoms with Crippen molar-refractivity contribution in [2.24, 2.45) is 5.92 Å². The van der Waals surface area contributed by atoms with Crippen LogP contribution in [-0.4, -0.2) is 68.8 Å². The quantitative estimate of drug-likeness (QED) is 0.439. The summed E-state index contributed by atoms with van der Waals surface area (Å²) in [5.74, 6) is 0.361. The fourth-order valence-corrected chi connectivity index (χ4v) is 6.58. The van der Waals surface area contributed by atoms with Crippen molar-refractivity contribution in [3.8, 4) is 0 Å². The highest BCUT2D eigenvalue weighted by Gasteiger charge is 2.28. The molecule has 4 rings (SSSR count). The third kappa shape index (κ3) is 6.21. The molecule has 1 fully saturated rings. The number of fused-ring (bicyclic) bond motifs is 1. The van der Waals surface area contributed by atoms with Crippen molar-refractivity contribution < 1.29 is 13.2 Å². The number of hydrogen-bond acceptors (Lipinski definition) is 6. The number of nitrogens with zero attached hydrogens (tertiary/aromatic N) is 4. The van der Waals surface area contributed by atoms with Gasteiger partial charge in [0.2, 0.25) is 10.0 Å². The molecule has 0 saturated carbocycles. The summed E-state index contributed by atoms with van der Waals surface area (Å²) in [6, 6.07) is 12.4. The molecule has 0 radical (unpaired) electrons. The number of piperidine rings is 1. The largest absolute Gasteiger partial charge is 0.308 e. The number of aromatic nitrogens is 1. The summed E-state index contributed by atoms with van der Waals surface area (Å²) in [5.41, 5.74) is 2.46. The maximum Gasteiger partial charge on any atom is 0.260 e. The van der Waals surface area contributed by atoms with Crippen LogP contribution >= 0.6 is 23.7 Å². The fourth-order valence-electron chi connectivity index (χ4n) is 4.02. The summed E-state index contributed by atoms with van der Waals surface area (Å²) in [6.07, 6.45) is 1.75. The lowest BCUT2D eigenvalue weighted by Crippen LogP contribution is -2.38. The van der Waals surface area contributed by atoms with E-state index in [1.165, 1.54) is 11.3 Å². The number of carbonyl (C=O) groups is 1. The molecule has 1 amide bonds. The number of halogens is 1. The van der Waals surface area contributed by atoms with E-state index in [-0.39, 0.29) is 23.2 Å². The number of thiazole rings is 1. The fraction of sp³-hybridized carbons (Fsp3) is 0.440. The Hall–Kier alpha value is -2.04. The predicted octanol–water partition coefficient (Wildman–Crippen LogP) is 4.66.